The molecule has 1 N–H and O–H groups in total. The Labute approximate surface area is 125 Å². The molecule has 1 atom stereocenters. The zero-order chi connectivity index (χ0) is 13.0. The van der Waals surface area contributed by atoms with Crippen LogP contribution in [0.5, 0.6) is 0 Å². The Morgan fingerprint density at radius 1 is 1.39 bits per heavy atom. The van der Waals surface area contributed by atoms with Gasteiger partial charge in [-0.25, -0.2) is 0 Å². The van der Waals surface area contributed by atoms with Crippen molar-refractivity contribution in [3.8, 4) is 0 Å². The van der Waals surface area contributed by atoms with E-state index >= 15 is 0 Å². The minimum Gasteiger partial charge on any atom is -0.496 e. The Kier molecular flexibility index (Phi) is 5.27. The Morgan fingerprint density at radius 3 is 2.83 bits per heavy atom. The van der Waals surface area contributed by atoms with E-state index in [-0.39, 0.29) is 6.04 Å². The fourth-order valence-electron chi connectivity index (χ4n) is 2.03. The van der Waals surface area contributed by atoms with Crippen LogP contribution in [0.3, 0.4) is 0 Å². The Balaban J connectivity index is 2.26. The van der Waals surface area contributed by atoms with Gasteiger partial charge in [0.05, 0.1) is 12.6 Å². The molecule has 1 aliphatic heterocycles. The first kappa shape index (κ1) is 14.1. The molecule has 1 unspecified atom stereocenters. The van der Waals surface area contributed by atoms with Gasteiger partial charge in [-0.15, -0.1) is 0 Å². The third kappa shape index (κ3) is 3.37. The molecule has 0 spiro atoms. The molecule has 0 aliphatic carbocycles. The molecule has 1 aliphatic rings. The van der Waals surface area contributed by atoms with Crippen molar-refractivity contribution in [2.45, 2.75) is 25.8 Å². The van der Waals surface area contributed by atoms with E-state index in [2.05, 4.69) is 68.4 Å². The molecule has 0 saturated heterocycles. The first-order chi connectivity index (χ1) is 8.72. The molecule has 0 aromatic heterocycles. The summed E-state index contributed by atoms with van der Waals surface area (Å²) in [4.78, 5) is 0. The first-order valence-electron chi connectivity index (χ1n) is 6.23. The summed E-state index contributed by atoms with van der Waals surface area (Å²) >= 11 is 7.12. The molecular weight excluding hydrogens is 358 g/mol. The molecule has 0 bridgehead atoms. The lowest BCUT2D eigenvalue weighted by Crippen LogP contribution is -2.24. The predicted octanol–water partition coefficient (Wildman–Crippen LogP) is 4.56. The maximum Gasteiger partial charge on any atom is 0.114 e. The fourth-order valence-corrected chi connectivity index (χ4v) is 3.30. The molecule has 0 saturated carbocycles. The predicted molar refractivity (Wildman–Crippen MR) is 81.5 cm³/mol. The van der Waals surface area contributed by atoms with Crippen LogP contribution in [-0.4, -0.2) is 13.2 Å². The second kappa shape index (κ2) is 6.73. The van der Waals surface area contributed by atoms with E-state index in [1.54, 1.807) is 0 Å². The minimum atomic E-state index is 0.148. The van der Waals surface area contributed by atoms with Crippen molar-refractivity contribution in [1.29, 1.82) is 0 Å². The molecule has 2 rings (SSSR count). The van der Waals surface area contributed by atoms with Crippen LogP contribution in [-0.2, 0) is 4.74 Å². The highest BCUT2D eigenvalue weighted by atomic mass is 79.9. The van der Waals surface area contributed by atoms with Gasteiger partial charge in [-0.3, -0.25) is 0 Å². The highest BCUT2D eigenvalue weighted by Crippen LogP contribution is 2.33. The van der Waals surface area contributed by atoms with Crippen molar-refractivity contribution in [3.05, 3.63) is 44.5 Å². The Morgan fingerprint density at radius 2 is 2.22 bits per heavy atom. The molecule has 1 aromatic carbocycles. The van der Waals surface area contributed by atoms with E-state index < -0.39 is 0 Å². The highest BCUT2D eigenvalue weighted by molar-refractivity contribution is 9.11. The van der Waals surface area contributed by atoms with Crippen molar-refractivity contribution in [2.75, 3.05) is 13.2 Å². The van der Waals surface area contributed by atoms with Gasteiger partial charge in [0.25, 0.3) is 0 Å². The molecule has 0 fully saturated rings. The van der Waals surface area contributed by atoms with Crippen LogP contribution in [0, 0.1) is 0 Å². The average Bonchev–Trinajstić information content (AvgIpc) is 2.85. The van der Waals surface area contributed by atoms with E-state index in [0.29, 0.717) is 0 Å². The van der Waals surface area contributed by atoms with E-state index in [4.69, 9.17) is 4.74 Å². The largest absolute Gasteiger partial charge is 0.496 e. The quantitative estimate of drug-likeness (QED) is 0.815. The van der Waals surface area contributed by atoms with Gasteiger partial charge in [0.1, 0.15) is 5.76 Å². The number of nitrogens with one attached hydrogen (secondary N) is 1. The van der Waals surface area contributed by atoms with Gasteiger partial charge >= 0.3 is 0 Å². The van der Waals surface area contributed by atoms with Gasteiger partial charge in [-0.2, -0.15) is 0 Å². The molecule has 1 aromatic rings. The SMILES string of the molecule is CCCNC(C1=CCCO1)c1ccc(Br)cc1Br. The van der Waals surface area contributed by atoms with Crippen molar-refractivity contribution in [3.63, 3.8) is 0 Å². The number of rotatable bonds is 5. The summed E-state index contributed by atoms with van der Waals surface area (Å²) in [5, 5.41) is 3.55. The summed E-state index contributed by atoms with van der Waals surface area (Å²) in [7, 11) is 0. The number of hydrogen-bond donors (Lipinski definition) is 1. The standard InChI is InChI=1S/C14H17Br2NO/c1-2-7-17-14(13-4-3-8-18-13)11-6-5-10(15)9-12(11)16/h4-6,9,14,17H,2-3,7-8H2,1H3. The fraction of sp³-hybridized carbons (Fsp3) is 0.429. The lowest BCUT2D eigenvalue weighted by Gasteiger charge is -2.21. The lowest BCUT2D eigenvalue weighted by molar-refractivity contribution is 0.215. The smallest absolute Gasteiger partial charge is 0.114 e. The Hall–Kier alpha value is -0.320. The van der Waals surface area contributed by atoms with Crippen LogP contribution in [0.25, 0.3) is 0 Å². The molecule has 4 heteroatoms. The van der Waals surface area contributed by atoms with E-state index in [9.17, 15) is 0 Å². The first-order valence-corrected chi connectivity index (χ1v) is 7.82. The van der Waals surface area contributed by atoms with E-state index in [0.717, 1.165) is 40.7 Å². The molecule has 18 heavy (non-hydrogen) atoms. The van der Waals surface area contributed by atoms with Gasteiger partial charge in [0.2, 0.25) is 0 Å². The van der Waals surface area contributed by atoms with Gasteiger partial charge in [-0.1, -0.05) is 44.8 Å². The molecule has 2 nitrogen and oxygen atoms in total. The summed E-state index contributed by atoms with van der Waals surface area (Å²) in [6, 6.07) is 6.42. The van der Waals surface area contributed by atoms with Crippen molar-refractivity contribution in [1.82, 2.24) is 5.32 Å². The normalized spacial score (nSPS) is 16.3. The number of ether oxygens (including phenoxy) is 1. The summed E-state index contributed by atoms with van der Waals surface area (Å²) in [5.74, 6) is 1.05. The van der Waals surface area contributed by atoms with Crippen molar-refractivity contribution in [2.24, 2.45) is 0 Å². The number of halogens is 2. The van der Waals surface area contributed by atoms with Gasteiger partial charge in [-0.05, 0) is 36.7 Å². The van der Waals surface area contributed by atoms with Crippen molar-refractivity contribution >= 4 is 31.9 Å². The average molecular weight is 375 g/mol. The van der Waals surface area contributed by atoms with Crippen LogP contribution < -0.4 is 5.32 Å². The number of hydrogen-bond acceptors (Lipinski definition) is 2. The van der Waals surface area contributed by atoms with E-state index in [1.807, 2.05) is 0 Å². The van der Waals surface area contributed by atoms with Gasteiger partial charge in [0.15, 0.2) is 0 Å². The van der Waals surface area contributed by atoms with E-state index in [1.165, 1.54) is 5.56 Å². The third-order valence-corrected chi connectivity index (χ3v) is 4.07. The van der Waals surface area contributed by atoms with Crippen LogP contribution >= 0.6 is 31.9 Å². The maximum absolute atomic E-state index is 5.72. The van der Waals surface area contributed by atoms with Crippen LogP contribution in [0.15, 0.2) is 39.0 Å². The monoisotopic (exact) mass is 373 g/mol. The number of benzene rings is 1. The second-order valence-electron chi connectivity index (χ2n) is 4.30. The van der Waals surface area contributed by atoms with Crippen molar-refractivity contribution < 1.29 is 4.74 Å². The summed E-state index contributed by atoms with van der Waals surface area (Å²) < 4.78 is 7.89. The van der Waals surface area contributed by atoms with Crippen LogP contribution in [0.1, 0.15) is 31.4 Å². The topological polar surface area (TPSA) is 21.3 Å². The summed E-state index contributed by atoms with van der Waals surface area (Å²) in [6.07, 6.45) is 4.30. The minimum absolute atomic E-state index is 0.148. The summed E-state index contributed by atoms with van der Waals surface area (Å²) in [5.41, 5.74) is 1.22. The highest BCUT2D eigenvalue weighted by Gasteiger charge is 2.22. The molecule has 98 valence electrons. The maximum atomic E-state index is 5.72. The zero-order valence-electron chi connectivity index (χ0n) is 10.4. The molecule has 0 radical (unpaired) electrons. The van der Waals surface area contributed by atoms with Crippen LogP contribution in [0.2, 0.25) is 0 Å². The lowest BCUT2D eigenvalue weighted by atomic mass is 10.0. The molecule has 0 amide bonds. The summed E-state index contributed by atoms with van der Waals surface area (Å²) in [6.45, 7) is 3.95. The molecular formula is C14H17Br2NO. The van der Waals surface area contributed by atoms with Gasteiger partial charge in [0, 0.05) is 15.4 Å². The molecule has 1 heterocycles. The second-order valence-corrected chi connectivity index (χ2v) is 6.07. The van der Waals surface area contributed by atoms with Gasteiger partial charge < -0.3 is 10.1 Å². The third-order valence-electron chi connectivity index (χ3n) is 2.89. The van der Waals surface area contributed by atoms with Crippen LogP contribution in [0.4, 0.5) is 0 Å². The Bertz CT molecular complexity index is 445. The zero-order valence-corrected chi connectivity index (χ0v) is 13.6.